The highest BCUT2D eigenvalue weighted by molar-refractivity contribution is 5.48. The molecule has 2 aromatic rings. The number of methoxy groups -OCH3 is 1. The smallest absolute Gasteiger partial charge is 0.138 e. The Bertz CT molecular complexity index is 583. The zero-order valence-corrected chi connectivity index (χ0v) is 11.6. The van der Waals surface area contributed by atoms with Gasteiger partial charge in [-0.15, -0.1) is 0 Å². The molecule has 1 unspecified atom stereocenters. The van der Waals surface area contributed by atoms with E-state index in [1.807, 2.05) is 0 Å². The first kappa shape index (κ1) is 12.9. The molecule has 1 atom stereocenters. The summed E-state index contributed by atoms with van der Waals surface area (Å²) < 4.78 is 11.2. The number of hydrogen-bond acceptors (Lipinski definition) is 5. The van der Waals surface area contributed by atoms with Crippen LogP contribution in [0.25, 0.3) is 0 Å². The van der Waals surface area contributed by atoms with E-state index in [1.165, 1.54) is 11.9 Å². The second-order valence-electron chi connectivity index (χ2n) is 4.94. The standard InChI is InChI=1S/C14H18N4O2/c1-9-3-10-4-12(19-2)11(5-13(10)20-9)6-15-7-14-16-8-17-18-14/h4-5,8-9,15H,3,6-7H2,1-2H3,(H,16,17,18). The second-order valence-corrected chi connectivity index (χ2v) is 4.94. The Balaban J connectivity index is 1.70. The van der Waals surface area contributed by atoms with Gasteiger partial charge in [-0.1, -0.05) is 0 Å². The molecule has 0 saturated heterocycles. The third-order valence-corrected chi connectivity index (χ3v) is 3.37. The van der Waals surface area contributed by atoms with Gasteiger partial charge >= 0.3 is 0 Å². The van der Waals surface area contributed by atoms with Gasteiger partial charge < -0.3 is 14.8 Å². The van der Waals surface area contributed by atoms with Crippen molar-refractivity contribution >= 4 is 0 Å². The number of fused-ring (bicyclic) bond motifs is 1. The van der Waals surface area contributed by atoms with Crippen molar-refractivity contribution in [2.24, 2.45) is 0 Å². The van der Waals surface area contributed by atoms with Gasteiger partial charge in [0.05, 0.1) is 13.7 Å². The summed E-state index contributed by atoms with van der Waals surface area (Å²) in [6.07, 6.45) is 2.69. The SMILES string of the molecule is COc1cc2c(cc1CNCc1ncn[nH]1)OC(C)C2. The highest BCUT2D eigenvalue weighted by atomic mass is 16.5. The lowest BCUT2D eigenvalue weighted by atomic mass is 10.1. The summed E-state index contributed by atoms with van der Waals surface area (Å²) in [5.41, 5.74) is 2.30. The van der Waals surface area contributed by atoms with Crippen molar-refractivity contribution in [1.29, 1.82) is 0 Å². The van der Waals surface area contributed by atoms with E-state index in [1.54, 1.807) is 7.11 Å². The molecule has 0 saturated carbocycles. The quantitative estimate of drug-likeness (QED) is 0.863. The first-order chi connectivity index (χ1) is 9.76. The average Bonchev–Trinajstić information content (AvgIpc) is 3.05. The number of H-pyrrole nitrogens is 1. The Morgan fingerprint density at radius 2 is 2.35 bits per heavy atom. The van der Waals surface area contributed by atoms with E-state index in [-0.39, 0.29) is 6.10 Å². The number of benzene rings is 1. The average molecular weight is 274 g/mol. The molecule has 1 aliphatic rings. The summed E-state index contributed by atoms with van der Waals surface area (Å²) >= 11 is 0. The van der Waals surface area contributed by atoms with Crippen molar-refractivity contribution in [3.63, 3.8) is 0 Å². The summed E-state index contributed by atoms with van der Waals surface area (Å²) in [7, 11) is 1.70. The molecule has 0 bridgehead atoms. The lowest BCUT2D eigenvalue weighted by Gasteiger charge is -2.11. The molecule has 0 spiro atoms. The van der Waals surface area contributed by atoms with Crippen LogP contribution in [-0.4, -0.2) is 28.4 Å². The molecule has 2 heterocycles. The predicted molar refractivity (Wildman–Crippen MR) is 73.7 cm³/mol. The molecule has 0 aliphatic carbocycles. The van der Waals surface area contributed by atoms with E-state index >= 15 is 0 Å². The van der Waals surface area contributed by atoms with Crippen molar-refractivity contribution in [3.8, 4) is 11.5 Å². The first-order valence-corrected chi connectivity index (χ1v) is 6.67. The van der Waals surface area contributed by atoms with E-state index < -0.39 is 0 Å². The van der Waals surface area contributed by atoms with E-state index in [0.29, 0.717) is 13.1 Å². The molecule has 0 radical (unpaired) electrons. The molecule has 20 heavy (non-hydrogen) atoms. The van der Waals surface area contributed by atoms with Crippen LogP contribution >= 0.6 is 0 Å². The van der Waals surface area contributed by atoms with Crippen molar-refractivity contribution in [1.82, 2.24) is 20.5 Å². The normalized spacial score (nSPS) is 16.8. The van der Waals surface area contributed by atoms with Gasteiger partial charge in [0.15, 0.2) is 0 Å². The van der Waals surface area contributed by atoms with Crippen molar-refractivity contribution < 1.29 is 9.47 Å². The number of nitrogens with zero attached hydrogens (tertiary/aromatic N) is 2. The largest absolute Gasteiger partial charge is 0.496 e. The van der Waals surface area contributed by atoms with Gasteiger partial charge in [0.25, 0.3) is 0 Å². The third kappa shape index (κ3) is 2.60. The maximum absolute atomic E-state index is 5.79. The topological polar surface area (TPSA) is 72.1 Å². The molecule has 3 rings (SSSR count). The Labute approximate surface area is 117 Å². The summed E-state index contributed by atoms with van der Waals surface area (Å²) in [4.78, 5) is 4.07. The van der Waals surface area contributed by atoms with E-state index in [4.69, 9.17) is 9.47 Å². The monoisotopic (exact) mass is 274 g/mol. The molecule has 1 aromatic heterocycles. The number of hydrogen-bond donors (Lipinski definition) is 2. The molecule has 1 aliphatic heterocycles. The molecule has 0 amide bonds. The van der Waals surface area contributed by atoms with Gasteiger partial charge in [0.1, 0.15) is 29.8 Å². The number of aromatic nitrogens is 3. The van der Waals surface area contributed by atoms with Gasteiger partial charge in [-0.3, -0.25) is 5.10 Å². The zero-order chi connectivity index (χ0) is 13.9. The summed E-state index contributed by atoms with van der Waals surface area (Å²) in [5.74, 6) is 2.68. The van der Waals surface area contributed by atoms with Crippen molar-refractivity contribution in [3.05, 3.63) is 35.4 Å². The minimum absolute atomic E-state index is 0.243. The van der Waals surface area contributed by atoms with Gasteiger partial charge in [-0.05, 0) is 19.1 Å². The van der Waals surface area contributed by atoms with Crippen molar-refractivity contribution in [2.45, 2.75) is 32.5 Å². The number of ether oxygens (including phenoxy) is 2. The van der Waals surface area contributed by atoms with Gasteiger partial charge in [0, 0.05) is 24.1 Å². The molecule has 1 aromatic carbocycles. The maximum atomic E-state index is 5.79. The van der Waals surface area contributed by atoms with Crippen LogP contribution in [0.1, 0.15) is 23.9 Å². The number of rotatable bonds is 5. The van der Waals surface area contributed by atoms with Crippen LogP contribution in [0.5, 0.6) is 11.5 Å². The fourth-order valence-corrected chi connectivity index (χ4v) is 2.44. The van der Waals surface area contributed by atoms with E-state index in [0.717, 1.165) is 29.3 Å². The summed E-state index contributed by atoms with van der Waals surface area (Å²) in [5, 5.41) is 9.95. The Hall–Kier alpha value is -2.08. The minimum atomic E-state index is 0.243. The Morgan fingerprint density at radius 1 is 1.45 bits per heavy atom. The fourth-order valence-electron chi connectivity index (χ4n) is 2.44. The lowest BCUT2D eigenvalue weighted by molar-refractivity contribution is 0.254. The van der Waals surface area contributed by atoms with Crippen LogP contribution in [0.4, 0.5) is 0 Å². The van der Waals surface area contributed by atoms with Crippen LogP contribution in [0, 0.1) is 0 Å². The molecule has 2 N–H and O–H groups in total. The fraction of sp³-hybridized carbons (Fsp3) is 0.429. The molecular weight excluding hydrogens is 256 g/mol. The van der Waals surface area contributed by atoms with Crippen LogP contribution in [0.3, 0.4) is 0 Å². The Kier molecular flexibility index (Phi) is 3.56. The molecule has 106 valence electrons. The summed E-state index contributed by atoms with van der Waals surface area (Å²) in [6, 6.07) is 4.13. The lowest BCUT2D eigenvalue weighted by Crippen LogP contribution is -2.14. The van der Waals surface area contributed by atoms with E-state index in [2.05, 4.69) is 39.6 Å². The number of nitrogens with one attached hydrogen (secondary N) is 2. The van der Waals surface area contributed by atoms with Crippen molar-refractivity contribution in [2.75, 3.05) is 7.11 Å². The maximum Gasteiger partial charge on any atom is 0.138 e. The number of aromatic amines is 1. The molecule has 0 fully saturated rings. The highest BCUT2D eigenvalue weighted by Crippen LogP contribution is 2.34. The van der Waals surface area contributed by atoms with Gasteiger partial charge in [-0.25, -0.2) is 4.98 Å². The molecular formula is C14H18N4O2. The molecule has 6 heteroatoms. The third-order valence-electron chi connectivity index (χ3n) is 3.37. The van der Waals surface area contributed by atoms with Crippen LogP contribution in [0.15, 0.2) is 18.5 Å². The van der Waals surface area contributed by atoms with Crippen LogP contribution in [0.2, 0.25) is 0 Å². The van der Waals surface area contributed by atoms with Crippen LogP contribution < -0.4 is 14.8 Å². The van der Waals surface area contributed by atoms with Crippen LogP contribution in [-0.2, 0) is 19.5 Å². The predicted octanol–water partition coefficient (Wildman–Crippen LogP) is 1.43. The second kappa shape index (κ2) is 5.50. The van der Waals surface area contributed by atoms with E-state index in [9.17, 15) is 0 Å². The first-order valence-electron chi connectivity index (χ1n) is 6.67. The van der Waals surface area contributed by atoms with Gasteiger partial charge in [-0.2, -0.15) is 5.10 Å². The minimum Gasteiger partial charge on any atom is -0.496 e. The zero-order valence-electron chi connectivity index (χ0n) is 11.6. The highest BCUT2D eigenvalue weighted by Gasteiger charge is 2.21. The van der Waals surface area contributed by atoms with Gasteiger partial charge in [0.2, 0.25) is 0 Å². The Morgan fingerprint density at radius 3 is 3.10 bits per heavy atom. The summed E-state index contributed by atoms with van der Waals surface area (Å²) in [6.45, 7) is 3.40. The molecule has 6 nitrogen and oxygen atoms in total.